The molecule has 0 amide bonds. The Kier molecular flexibility index (Phi) is 4.70. The summed E-state index contributed by atoms with van der Waals surface area (Å²) in [6.45, 7) is 4.86. The van der Waals surface area contributed by atoms with Gasteiger partial charge in [-0.2, -0.15) is 0 Å². The van der Waals surface area contributed by atoms with Gasteiger partial charge < -0.3 is 9.47 Å². The average Bonchev–Trinajstić information content (AvgIpc) is 3.16. The lowest BCUT2D eigenvalue weighted by molar-refractivity contribution is 0.0975. The van der Waals surface area contributed by atoms with Crippen LogP contribution in [0.2, 0.25) is 5.02 Å². The topological polar surface area (TPSA) is 35.5 Å². The molecule has 1 saturated carbocycles. The number of ketones is 1. The normalized spacial score (nSPS) is 14.3. The molecule has 0 unspecified atom stereocenters. The fourth-order valence-electron chi connectivity index (χ4n) is 1.98. The SMILES string of the molecule is CCOc1cc(Cl)c(C(=O)CC2CC2)cc1OCC. The van der Waals surface area contributed by atoms with E-state index >= 15 is 0 Å². The Morgan fingerprint density at radius 2 is 1.79 bits per heavy atom. The number of halogens is 1. The number of hydrogen-bond acceptors (Lipinski definition) is 3. The highest BCUT2D eigenvalue weighted by atomic mass is 35.5. The standard InChI is InChI=1S/C15H19ClO3/c1-3-18-14-8-11(13(17)7-10-5-6-10)12(16)9-15(14)19-4-2/h8-10H,3-7H2,1-2H3. The molecule has 1 fully saturated rings. The Bertz CT molecular complexity index is 467. The molecule has 0 atom stereocenters. The van der Waals surface area contributed by atoms with Crippen molar-refractivity contribution in [3.05, 3.63) is 22.7 Å². The molecule has 1 aromatic carbocycles. The third kappa shape index (κ3) is 3.63. The van der Waals surface area contributed by atoms with Gasteiger partial charge in [0.15, 0.2) is 17.3 Å². The first-order valence-corrected chi connectivity index (χ1v) is 7.15. The van der Waals surface area contributed by atoms with E-state index in [9.17, 15) is 4.79 Å². The lowest BCUT2D eigenvalue weighted by Crippen LogP contribution is -2.04. The van der Waals surface area contributed by atoms with E-state index in [1.807, 2.05) is 13.8 Å². The monoisotopic (exact) mass is 282 g/mol. The van der Waals surface area contributed by atoms with Crippen molar-refractivity contribution < 1.29 is 14.3 Å². The average molecular weight is 283 g/mol. The predicted molar refractivity (Wildman–Crippen MR) is 75.5 cm³/mol. The summed E-state index contributed by atoms with van der Waals surface area (Å²) in [6.07, 6.45) is 2.89. The van der Waals surface area contributed by atoms with Gasteiger partial charge >= 0.3 is 0 Å². The fourth-order valence-corrected chi connectivity index (χ4v) is 2.24. The molecule has 1 aliphatic carbocycles. The molecule has 0 saturated heterocycles. The van der Waals surface area contributed by atoms with Crippen LogP contribution in [-0.2, 0) is 0 Å². The minimum absolute atomic E-state index is 0.0940. The fraction of sp³-hybridized carbons (Fsp3) is 0.533. The second-order valence-electron chi connectivity index (χ2n) is 4.72. The zero-order valence-electron chi connectivity index (χ0n) is 11.4. The van der Waals surface area contributed by atoms with Crippen LogP contribution in [0, 0.1) is 5.92 Å². The van der Waals surface area contributed by atoms with Crippen LogP contribution in [-0.4, -0.2) is 19.0 Å². The van der Waals surface area contributed by atoms with E-state index in [2.05, 4.69) is 0 Å². The van der Waals surface area contributed by atoms with E-state index in [0.29, 0.717) is 47.6 Å². The van der Waals surface area contributed by atoms with Gasteiger partial charge in [0, 0.05) is 18.1 Å². The molecule has 0 heterocycles. The molecule has 0 spiro atoms. The quantitative estimate of drug-likeness (QED) is 0.706. The van der Waals surface area contributed by atoms with Crippen LogP contribution < -0.4 is 9.47 Å². The van der Waals surface area contributed by atoms with E-state index in [1.54, 1.807) is 12.1 Å². The highest BCUT2D eigenvalue weighted by molar-refractivity contribution is 6.34. The third-order valence-corrected chi connectivity index (χ3v) is 3.42. The number of Topliss-reactive ketones (excluding diaryl/α,β-unsaturated/α-hetero) is 1. The van der Waals surface area contributed by atoms with Crippen LogP contribution in [0.1, 0.15) is 43.5 Å². The Labute approximate surface area is 118 Å². The van der Waals surface area contributed by atoms with Gasteiger partial charge in [-0.05, 0) is 38.7 Å². The van der Waals surface area contributed by atoms with Gasteiger partial charge in [-0.15, -0.1) is 0 Å². The van der Waals surface area contributed by atoms with Crippen molar-refractivity contribution in [2.45, 2.75) is 33.1 Å². The number of rotatable bonds is 7. The highest BCUT2D eigenvalue weighted by Crippen LogP contribution is 2.37. The number of benzene rings is 1. The second kappa shape index (κ2) is 6.29. The molecule has 0 bridgehead atoms. The van der Waals surface area contributed by atoms with Crippen LogP contribution in [0.15, 0.2) is 12.1 Å². The molecule has 0 aliphatic heterocycles. The van der Waals surface area contributed by atoms with Crippen LogP contribution in [0.4, 0.5) is 0 Å². The Morgan fingerprint density at radius 3 is 2.32 bits per heavy atom. The first-order chi connectivity index (χ1) is 9.15. The lowest BCUT2D eigenvalue weighted by atomic mass is 10.1. The zero-order valence-corrected chi connectivity index (χ0v) is 12.1. The minimum Gasteiger partial charge on any atom is -0.490 e. The van der Waals surface area contributed by atoms with Crippen molar-refractivity contribution in [3.8, 4) is 11.5 Å². The van der Waals surface area contributed by atoms with Gasteiger partial charge in [0.2, 0.25) is 0 Å². The van der Waals surface area contributed by atoms with Gasteiger partial charge in [0.1, 0.15) is 0 Å². The van der Waals surface area contributed by atoms with Gasteiger partial charge in [-0.1, -0.05) is 11.6 Å². The molecule has 2 rings (SSSR count). The van der Waals surface area contributed by atoms with Crippen LogP contribution in [0.3, 0.4) is 0 Å². The van der Waals surface area contributed by atoms with Gasteiger partial charge in [-0.25, -0.2) is 0 Å². The summed E-state index contributed by atoms with van der Waals surface area (Å²) < 4.78 is 11.0. The van der Waals surface area contributed by atoms with E-state index in [-0.39, 0.29) is 5.78 Å². The van der Waals surface area contributed by atoms with E-state index in [1.165, 1.54) is 0 Å². The number of carbonyl (C=O) groups is 1. The van der Waals surface area contributed by atoms with Gasteiger partial charge in [0.25, 0.3) is 0 Å². The maximum atomic E-state index is 12.2. The van der Waals surface area contributed by atoms with E-state index in [0.717, 1.165) is 12.8 Å². The molecular weight excluding hydrogens is 264 g/mol. The highest BCUT2D eigenvalue weighted by Gasteiger charge is 2.26. The zero-order chi connectivity index (χ0) is 13.8. The molecule has 4 heteroatoms. The minimum atomic E-state index is 0.0940. The lowest BCUT2D eigenvalue weighted by Gasteiger charge is -2.13. The molecule has 0 aromatic heterocycles. The number of carbonyl (C=O) groups excluding carboxylic acids is 1. The summed E-state index contributed by atoms with van der Waals surface area (Å²) in [4.78, 5) is 12.2. The molecule has 19 heavy (non-hydrogen) atoms. The molecule has 0 N–H and O–H groups in total. The van der Waals surface area contributed by atoms with Crippen molar-refractivity contribution in [2.75, 3.05) is 13.2 Å². The van der Waals surface area contributed by atoms with Crippen LogP contribution in [0.25, 0.3) is 0 Å². The second-order valence-corrected chi connectivity index (χ2v) is 5.12. The van der Waals surface area contributed by atoms with E-state index < -0.39 is 0 Å². The molecule has 3 nitrogen and oxygen atoms in total. The molecule has 0 radical (unpaired) electrons. The van der Waals surface area contributed by atoms with Crippen molar-refractivity contribution >= 4 is 17.4 Å². The summed E-state index contributed by atoms with van der Waals surface area (Å²) in [6, 6.07) is 3.39. The Balaban J connectivity index is 2.26. The maximum absolute atomic E-state index is 12.2. The molecule has 1 aliphatic rings. The summed E-state index contributed by atoms with van der Waals surface area (Å²) in [5.41, 5.74) is 0.542. The molecular formula is C15H19ClO3. The summed E-state index contributed by atoms with van der Waals surface area (Å²) >= 11 is 6.18. The Hall–Kier alpha value is -1.22. The summed E-state index contributed by atoms with van der Waals surface area (Å²) in [5, 5.41) is 0.442. The van der Waals surface area contributed by atoms with Crippen molar-refractivity contribution in [1.29, 1.82) is 0 Å². The maximum Gasteiger partial charge on any atom is 0.164 e. The smallest absolute Gasteiger partial charge is 0.164 e. The largest absolute Gasteiger partial charge is 0.490 e. The summed E-state index contributed by atoms with van der Waals surface area (Å²) in [5.74, 6) is 1.83. The van der Waals surface area contributed by atoms with Crippen LogP contribution in [0.5, 0.6) is 11.5 Å². The van der Waals surface area contributed by atoms with Crippen molar-refractivity contribution in [1.82, 2.24) is 0 Å². The van der Waals surface area contributed by atoms with E-state index in [4.69, 9.17) is 21.1 Å². The molecule has 104 valence electrons. The predicted octanol–water partition coefficient (Wildman–Crippen LogP) is 4.12. The summed E-state index contributed by atoms with van der Waals surface area (Å²) in [7, 11) is 0. The van der Waals surface area contributed by atoms with Gasteiger partial charge in [0.05, 0.1) is 18.2 Å². The van der Waals surface area contributed by atoms with Gasteiger partial charge in [-0.3, -0.25) is 4.79 Å². The number of ether oxygens (including phenoxy) is 2. The first-order valence-electron chi connectivity index (χ1n) is 6.78. The van der Waals surface area contributed by atoms with Crippen molar-refractivity contribution in [2.24, 2.45) is 5.92 Å². The third-order valence-electron chi connectivity index (χ3n) is 3.10. The first kappa shape index (κ1) is 14.2. The number of hydrogen-bond donors (Lipinski definition) is 0. The molecule has 1 aromatic rings. The Morgan fingerprint density at radius 1 is 1.21 bits per heavy atom. The van der Waals surface area contributed by atoms with Crippen LogP contribution >= 0.6 is 11.6 Å². The van der Waals surface area contributed by atoms with Crippen molar-refractivity contribution in [3.63, 3.8) is 0 Å².